The Hall–Kier alpha value is -4.83. The largest absolute Gasteiger partial charge is 0.497 e. The monoisotopic (exact) mass is 629 g/mol. The molecule has 2 amide bonds. The van der Waals surface area contributed by atoms with Crippen LogP contribution in [0.1, 0.15) is 32.3 Å². The average Bonchev–Trinajstić information content (AvgIpc) is 3.07. The van der Waals surface area contributed by atoms with Crippen molar-refractivity contribution >= 4 is 27.5 Å². The summed E-state index contributed by atoms with van der Waals surface area (Å²) in [7, 11) is -2.61. The number of rotatable bonds is 15. The molecule has 0 spiro atoms. The Labute approximate surface area is 265 Å². The summed E-state index contributed by atoms with van der Waals surface area (Å²) >= 11 is 0. The minimum atomic E-state index is -4.17. The standard InChI is InChI=1S/C35H39N3O6S/c1-4-5-24-36-35(40)27(2)37(25-28-16-20-30(43-3)21-17-28)34(39)26-38(45(41,42)33-14-10-7-11-15-33)29-18-22-32(23-19-29)44-31-12-8-6-9-13-31/h6-23,27H,4-5,24-26H2,1-3H3,(H,36,40). The molecule has 0 saturated heterocycles. The van der Waals surface area contributed by atoms with E-state index >= 15 is 0 Å². The molecule has 45 heavy (non-hydrogen) atoms. The molecular weight excluding hydrogens is 590 g/mol. The van der Waals surface area contributed by atoms with E-state index in [4.69, 9.17) is 9.47 Å². The van der Waals surface area contributed by atoms with E-state index < -0.39 is 28.5 Å². The van der Waals surface area contributed by atoms with E-state index in [2.05, 4.69) is 5.32 Å². The van der Waals surface area contributed by atoms with Crippen LogP contribution in [0.3, 0.4) is 0 Å². The van der Waals surface area contributed by atoms with Crippen LogP contribution in [0.5, 0.6) is 17.2 Å². The lowest BCUT2D eigenvalue weighted by molar-refractivity contribution is -0.139. The third kappa shape index (κ3) is 8.86. The van der Waals surface area contributed by atoms with Gasteiger partial charge in [0.1, 0.15) is 29.8 Å². The second-order valence-corrected chi connectivity index (χ2v) is 12.3. The predicted molar refractivity (Wildman–Crippen MR) is 175 cm³/mol. The van der Waals surface area contributed by atoms with Crippen molar-refractivity contribution in [3.8, 4) is 17.2 Å². The minimum Gasteiger partial charge on any atom is -0.497 e. The highest BCUT2D eigenvalue weighted by Gasteiger charge is 2.32. The molecule has 0 aromatic heterocycles. The Bertz CT molecular complexity index is 1630. The number of anilines is 1. The molecule has 0 aliphatic heterocycles. The number of carbonyl (C=O) groups excluding carboxylic acids is 2. The fourth-order valence-electron chi connectivity index (χ4n) is 4.60. The number of methoxy groups -OCH3 is 1. The van der Waals surface area contributed by atoms with E-state index in [1.54, 1.807) is 68.6 Å². The molecule has 4 aromatic carbocycles. The molecule has 0 fully saturated rings. The first-order chi connectivity index (χ1) is 21.7. The zero-order valence-electron chi connectivity index (χ0n) is 25.8. The summed E-state index contributed by atoms with van der Waals surface area (Å²) in [6, 6.07) is 30.0. The highest BCUT2D eigenvalue weighted by atomic mass is 32.2. The van der Waals surface area contributed by atoms with Crippen molar-refractivity contribution < 1.29 is 27.5 Å². The second kappa shape index (κ2) is 15.8. The maximum Gasteiger partial charge on any atom is 0.264 e. The number of carbonyl (C=O) groups is 2. The molecule has 4 aromatic rings. The van der Waals surface area contributed by atoms with Crippen molar-refractivity contribution in [3.63, 3.8) is 0 Å². The summed E-state index contributed by atoms with van der Waals surface area (Å²) in [5.74, 6) is 0.946. The van der Waals surface area contributed by atoms with E-state index in [1.165, 1.54) is 17.0 Å². The number of ether oxygens (including phenoxy) is 2. The van der Waals surface area contributed by atoms with Crippen molar-refractivity contribution in [1.82, 2.24) is 10.2 Å². The predicted octanol–water partition coefficient (Wildman–Crippen LogP) is 6.02. The molecule has 9 nitrogen and oxygen atoms in total. The lowest BCUT2D eigenvalue weighted by Gasteiger charge is -2.32. The number of hydrogen-bond acceptors (Lipinski definition) is 6. The van der Waals surface area contributed by atoms with E-state index in [0.29, 0.717) is 23.8 Å². The number of sulfonamides is 1. The number of nitrogens with one attached hydrogen (secondary N) is 1. The van der Waals surface area contributed by atoms with Gasteiger partial charge in [-0.15, -0.1) is 0 Å². The quantitative estimate of drug-likeness (QED) is 0.161. The van der Waals surface area contributed by atoms with Gasteiger partial charge in [-0.05, 0) is 79.6 Å². The lowest BCUT2D eigenvalue weighted by atomic mass is 10.1. The topological polar surface area (TPSA) is 105 Å². The van der Waals surface area contributed by atoms with E-state index in [-0.39, 0.29) is 23.0 Å². The van der Waals surface area contributed by atoms with Crippen molar-refractivity contribution in [1.29, 1.82) is 0 Å². The highest BCUT2D eigenvalue weighted by Crippen LogP contribution is 2.28. The summed E-state index contributed by atoms with van der Waals surface area (Å²) in [4.78, 5) is 28.7. The number of amides is 2. The van der Waals surface area contributed by atoms with Gasteiger partial charge >= 0.3 is 0 Å². The summed E-state index contributed by atoms with van der Waals surface area (Å²) in [6.07, 6.45) is 1.71. The van der Waals surface area contributed by atoms with Crippen LogP contribution in [-0.4, -0.2) is 51.4 Å². The zero-order valence-corrected chi connectivity index (χ0v) is 26.6. The minimum absolute atomic E-state index is 0.0365. The van der Waals surface area contributed by atoms with Crippen LogP contribution in [0.2, 0.25) is 0 Å². The van der Waals surface area contributed by atoms with Crippen LogP contribution in [0.15, 0.2) is 114 Å². The molecule has 236 valence electrons. The van der Waals surface area contributed by atoms with Crippen LogP contribution in [0.4, 0.5) is 5.69 Å². The summed E-state index contributed by atoms with van der Waals surface area (Å²) in [5, 5.41) is 2.89. The van der Waals surface area contributed by atoms with Crippen LogP contribution in [-0.2, 0) is 26.2 Å². The number of benzene rings is 4. The third-order valence-electron chi connectivity index (χ3n) is 7.22. The second-order valence-electron chi connectivity index (χ2n) is 10.4. The molecule has 1 N–H and O–H groups in total. The van der Waals surface area contributed by atoms with Gasteiger partial charge in [0.05, 0.1) is 17.7 Å². The summed E-state index contributed by atoms with van der Waals surface area (Å²) in [5.41, 5.74) is 1.04. The van der Waals surface area contributed by atoms with E-state index in [9.17, 15) is 18.0 Å². The fourth-order valence-corrected chi connectivity index (χ4v) is 6.04. The van der Waals surface area contributed by atoms with Gasteiger partial charge in [0.2, 0.25) is 11.8 Å². The molecule has 0 aliphatic rings. The molecule has 0 heterocycles. The van der Waals surface area contributed by atoms with Gasteiger partial charge in [-0.25, -0.2) is 8.42 Å². The smallest absolute Gasteiger partial charge is 0.264 e. The molecule has 4 rings (SSSR count). The van der Waals surface area contributed by atoms with Crippen LogP contribution < -0.4 is 19.1 Å². The van der Waals surface area contributed by atoms with Gasteiger partial charge < -0.3 is 19.7 Å². The van der Waals surface area contributed by atoms with Crippen molar-refractivity contribution in [2.45, 2.75) is 44.2 Å². The SMILES string of the molecule is CCCCNC(=O)C(C)N(Cc1ccc(OC)cc1)C(=O)CN(c1ccc(Oc2ccccc2)cc1)S(=O)(=O)c1ccccc1. The normalized spacial score (nSPS) is 11.7. The maximum atomic E-state index is 14.1. The van der Waals surface area contributed by atoms with Gasteiger partial charge in [0.25, 0.3) is 10.0 Å². The van der Waals surface area contributed by atoms with Crippen molar-refractivity contribution in [2.75, 3.05) is 24.5 Å². The van der Waals surface area contributed by atoms with Crippen molar-refractivity contribution in [3.05, 3.63) is 115 Å². The molecule has 10 heteroatoms. The maximum absolute atomic E-state index is 14.1. The number of unbranched alkanes of at least 4 members (excludes halogenated alkanes) is 1. The first kappa shape index (κ1) is 33.1. The van der Waals surface area contributed by atoms with E-state index in [0.717, 1.165) is 22.7 Å². The molecule has 0 radical (unpaired) electrons. The number of nitrogens with zero attached hydrogens (tertiary/aromatic N) is 2. The molecule has 1 unspecified atom stereocenters. The Balaban J connectivity index is 1.67. The fraction of sp³-hybridized carbons (Fsp3) is 0.257. The first-order valence-electron chi connectivity index (χ1n) is 14.8. The third-order valence-corrected chi connectivity index (χ3v) is 9.01. The van der Waals surface area contributed by atoms with Gasteiger partial charge in [-0.1, -0.05) is 61.9 Å². The van der Waals surface area contributed by atoms with Gasteiger partial charge in [-0.3, -0.25) is 13.9 Å². The van der Waals surface area contributed by atoms with Crippen LogP contribution in [0.25, 0.3) is 0 Å². The van der Waals surface area contributed by atoms with Gasteiger partial charge in [0, 0.05) is 13.1 Å². The zero-order chi connectivity index (χ0) is 32.2. The molecule has 0 aliphatic carbocycles. The summed E-state index contributed by atoms with van der Waals surface area (Å²) in [6.45, 7) is 3.72. The Morgan fingerprint density at radius 1 is 0.800 bits per heavy atom. The van der Waals surface area contributed by atoms with E-state index in [1.807, 2.05) is 49.4 Å². The molecule has 0 saturated carbocycles. The Morgan fingerprint density at radius 3 is 1.98 bits per heavy atom. The number of para-hydroxylation sites is 1. The van der Waals surface area contributed by atoms with Crippen LogP contribution >= 0.6 is 0 Å². The van der Waals surface area contributed by atoms with Gasteiger partial charge in [0.15, 0.2) is 0 Å². The highest BCUT2D eigenvalue weighted by molar-refractivity contribution is 7.92. The summed E-state index contributed by atoms with van der Waals surface area (Å²) < 4.78 is 40.2. The lowest BCUT2D eigenvalue weighted by Crippen LogP contribution is -2.51. The first-order valence-corrected chi connectivity index (χ1v) is 16.3. The Kier molecular flexibility index (Phi) is 11.6. The molecule has 0 bridgehead atoms. The van der Waals surface area contributed by atoms with Crippen LogP contribution in [0, 0.1) is 0 Å². The number of hydrogen-bond donors (Lipinski definition) is 1. The van der Waals surface area contributed by atoms with Gasteiger partial charge in [-0.2, -0.15) is 0 Å². The Morgan fingerprint density at radius 2 is 1.38 bits per heavy atom. The average molecular weight is 630 g/mol. The molecule has 1 atom stereocenters. The molecular formula is C35H39N3O6S. The van der Waals surface area contributed by atoms with Crippen molar-refractivity contribution in [2.24, 2.45) is 0 Å².